The van der Waals surface area contributed by atoms with Crippen LogP contribution >= 0.6 is 11.8 Å². The molecule has 0 amide bonds. The molecule has 3 atom stereocenters. The number of benzene rings is 1. The molecule has 0 radical (unpaired) electrons. The van der Waals surface area contributed by atoms with Crippen LogP contribution in [0.3, 0.4) is 0 Å². The Morgan fingerprint density at radius 2 is 2.06 bits per heavy atom. The monoisotopic (exact) mass is 253 g/mol. The van der Waals surface area contributed by atoms with Gasteiger partial charge in [0.15, 0.2) is 0 Å². The van der Waals surface area contributed by atoms with Crippen LogP contribution in [0.25, 0.3) is 0 Å². The molecule has 94 valence electrons. The topological polar surface area (TPSA) is 12.0 Å². The second-order valence-corrected chi connectivity index (χ2v) is 6.25. The summed E-state index contributed by atoms with van der Waals surface area (Å²) in [5.41, 5.74) is 1.16. The fourth-order valence-electron chi connectivity index (χ4n) is 2.31. The minimum Gasteiger partial charge on any atom is -0.306 e. The van der Waals surface area contributed by atoms with Crippen molar-refractivity contribution in [3.8, 4) is 0 Å². The summed E-state index contributed by atoms with van der Waals surface area (Å²) in [5, 5.41) is 4.33. The van der Waals surface area contributed by atoms with Gasteiger partial charge in [-0.25, -0.2) is 4.39 Å². The summed E-state index contributed by atoms with van der Waals surface area (Å²) in [6.07, 6.45) is 2.54. The van der Waals surface area contributed by atoms with Crippen molar-refractivity contribution in [3.63, 3.8) is 0 Å². The summed E-state index contributed by atoms with van der Waals surface area (Å²) in [4.78, 5) is 0. The van der Waals surface area contributed by atoms with Crippen LogP contribution in [-0.4, -0.2) is 17.0 Å². The third kappa shape index (κ3) is 3.46. The predicted molar refractivity (Wildman–Crippen MR) is 72.9 cm³/mol. The summed E-state index contributed by atoms with van der Waals surface area (Å²) in [5.74, 6) is 1.12. The van der Waals surface area contributed by atoms with E-state index in [1.807, 2.05) is 23.9 Å². The highest BCUT2D eigenvalue weighted by molar-refractivity contribution is 7.99. The average molecular weight is 253 g/mol. The largest absolute Gasteiger partial charge is 0.306 e. The van der Waals surface area contributed by atoms with Gasteiger partial charge >= 0.3 is 0 Å². The van der Waals surface area contributed by atoms with Crippen LogP contribution in [0.5, 0.6) is 0 Å². The predicted octanol–water partition coefficient (Wildman–Crippen LogP) is 3.76. The first kappa shape index (κ1) is 12.9. The summed E-state index contributed by atoms with van der Waals surface area (Å²) in [6.45, 7) is 4.44. The van der Waals surface area contributed by atoms with Crippen molar-refractivity contribution < 1.29 is 4.39 Å². The van der Waals surface area contributed by atoms with Gasteiger partial charge in [0.1, 0.15) is 5.82 Å². The molecular weight excluding hydrogens is 233 g/mol. The van der Waals surface area contributed by atoms with Gasteiger partial charge in [0, 0.05) is 17.3 Å². The molecule has 2 unspecified atom stereocenters. The van der Waals surface area contributed by atoms with E-state index in [2.05, 4.69) is 19.2 Å². The van der Waals surface area contributed by atoms with Gasteiger partial charge in [0.25, 0.3) is 0 Å². The van der Waals surface area contributed by atoms with Crippen molar-refractivity contribution in [2.24, 2.45) is 0 Å². The van der Waals surface area contributed by atoms with Crippen LogP contribution in [0.1, 0.15) is 38.3 Å². The van der Waals surface area contributed by atoms with Gasteiger partial charge < -0.3 is 5.32 Å². The summed E-state index contributed by atoms with van der Waals surface area (Å²) in [6, 6.07) is 7.68. The first-order valence-electron chi connectivity index (χ1n) is 6.30. The molecule has 0 bridgehead atoms. The summed E-state index contributed by atoms with van der Waals surface area (Å²) >= 11 is 2.04. The van der Waals surface area contributed by atoms with E-state index in [1.54, 1.807) is 0 Å². The van der Waals surface area contributed by atoms with Gasteiger partial charge in [-0.05, 0) is 43.2 Å². The Morgan fingerprint density at radius 1 is 1.35 bits per heavy atom. The second kappa shape index (κ2) is 5.87. The third-order valence-corrected chi connectivity index (χ3v) is 4.82. The highest BCUT2D eigenvalue weighted by Crippen LogP contribution is 2.27. The molecule has 3 heteroatoms. The summed E-state index contributed by atoms with van der Waals surface area (Å²) < 4.78 is 12.8. The normalized spacial score (nSPS) is 26.8. The highest BCUT2D eigenvalue weighted by Gasteiger charge is 2.23. The van der Waals surface area contributed by atoms with Crippen LogP contribution < -0.4 is 5.32 Å². The van der Waals surface area contributed by atoms with Crippen LogP contribution in [-0.2, 0) is 0 Å². The Labute approximate surface area is 107 Å². The van der Waals surface area contributed by atoms with Crippen molar-refractivity contribution in [2.45, 2.75) is 44.0 Å². The molecule has 1 aliphatic rings. The van der Waals surface area contributed by atoms with E-state index in [4.69, 9.17) is 0 Å². The maximum Gasteiger partial charge on any atom is 0.123 e. The van der Waals surface area contributed by atoms with Crippen LogP contribution in [0.2, 0.25) is 0 Å². The smallest absolute Gasteiger partial charge is 0.123 e. The minimum atomic E-state index is -0.164. The zero-order chi connectivity index (χ0) is 12.3. The van der Waals surface area contributed by atoms with Gasteiger partial charge in [-0.1, -0.05) is 19.1 Å². The number of hydrogen-bond donors (Lipinski definition) is 1. The van der Waals surface area contributed by atoms with Crippen molar-refractivity contribution in [1.82, 2.24) is 5.32 Å². The number of nitrogens with one attached hydrogen (secondary N) is 1. The van der Waals surface area contributed by atoms with Gasteiger partial charge in [-0.3, -0.25) is 0 Å². The van der Waals surface area contributed by atoms with Crippen LogP contribution in [0.4, 0.5) is 4.39 Å². The Hall–Kier alpha value is -0.540. The zero-order valence-corrected chi connectivity index (χ0v) is 11.3. The minimum absolute atomic E-state index is 0.164. The number of hydrogen-bond acceptors (Lipinski definition) is 2. The lowest BCUT2D eigenvalue weighted by molar-refractivity contribution is 0.417. The maximum atomic E-state index is 12.8. The molecule has 1 N–H and O–H groups in total. The van der Waals surface area contributed by atoms with E-state index in [1.165, 1.54) is 30.7 Å². The van der Waals surface area contributed by atoms with E-state index in [9.17, 15) is 4.39 Å². The third-order valence-electron chi connectivity index (χ3n) is 3.44. The molecule has 2 rings (SSSR count). The van der Waals surface area contributed by atoms with Crippen molar-refractivity contribution in [1.29, 1.82) is 0 Å². The molecule has 0 saturated carbocycles. The maximum absolute atomic E-state index is 12.8. The van der Waals surface area contributed by atoms with Crippen LogP contribution in [0.15, 0.2) is 24.3 Å². The average Bonchev–Trinajstić information content (AvgIpc) is 2.33. The lowest BCUT2D eigenvalue weighted by atomic mass is 10.0. The molecule has 17 heavy (non-hydrogen) atoms. The number of thioether (sulfide) groups is 1. The van der Waals surface area contributed by atoms with Gasteiger partial charge in [-0.15, -0.1) is 0 Å². The Balaban J connectivity index is 1.95. The number of halogens is 1. The molecule has 1 fully saturated rings. The first-order chi connectivity index (χ1) is 8.16. The van der Waals surface area contributed by atoms with Gasteiger partial charge in [0.2, 0.25) is 0 Å². The lowest BCUT2D eigenvalue weighted by Gasteiger charge is -2.32. The van der Waals surface area contributed by atoms with E-state index in [0.29, 0.717) is 17.3 Å². The molecule has 0 aliphatic carbocycles. The first-order valence-corrected chi connectivity index (χ1v) is 7.35. The Bertz CT molecular complexity index is 352. The Morgan fingerprint density at radius 3 is 2.71 bits per heavy atom. The zero-order valence-electron chi connectivity index (χ0n) is 10.4. The Kier molecular flexibility index (Phi) is 4.46. The van der Waals surface area contributed by atoms with E-state index in [0.717, 1.165) is 5.56 Å². The molecule has 1 saturated heterocycles. The molecular formula is C14H20FNS. The van der Waals surface area contributed by atoms with Crippen molar-refractivity contribution in [2.75, 3.05) is 5.75 Å². The SMILES string of the molecule is CC1SCCCC1N[C@H](C)c1ccc(F)cc1. The fourth-order valence-corrected chi connectivity index (χ4v) is 3.46. The molecule has 1 aromatic carbocycles. The molecule has 1 nitrogen and oxygen atoms in total. The van der Waals surface area contributed by atoms with Gasteiger partial charge in [0.05, 0.1) is 0 Å². The van der Waals surface area contributed by atoms with E-state index >= 15 is 0 Å². The van der Waals surface area contributed by atoms with Crippen molar-refractivity contribution >= 4 is 11.8 Å². The summed E-state index contributed by atoms with van der Waals surface area (Å²) in [7, 11) is 0. The molecule has 0 spiro atoms. The van der Waals surface area contributed by atoms with E-state index < -0.39 is 0 Å². The highest BCUT2D eigenvalue weighted by atomic mass is 32.2. The van der Waals surface area contributed by atoms with Gasteiger partial charge in [-0.2, -0.15) is 11.8 Å². The fraction of sp³-hybridized carbons (Fsp3) is 0.571. The van der Waals surface area contributed by atoms with E-state index in [-0.39, 0.29) is 5.82 Å². The quantitative estimate of drug-likeness (QED) is 0.880. The lowest BCUT2D eigenvalue weighted by Crippen LogP contribution is -2.40. The number of rotatable bonds is 3. The van der Waals surface area contributed by atoms with Crippen molar-refractivity contribution in [3.05, 3.63) is 35.6 Å². The molecule has 0 aromatic heterocycles. The standard InChI is InChI=1S/C14H20FNS/c1-10(12-5-7-13(15)8-6-12)16-14-4-3-9-17-11(14)2/h5-8,10-11,14,16H,3-4,9H2,1-2H3/t10-,11?,14?/m1/s1. The molecule has 1 heterocycles. The van der Waals surface area contributed by atoms with Crippen LogP contribution in [0, 0.1) is 5.82 Å². The second-order valence-electron chi connectivity index (χ2n) is 4.76. The molecule has 1 aliphatic heterocycles. The molecule has 1 aromatic rings.